The lowest BCUT2D eigenvalue weighted by molar-refractivity contribution is -0.127. The van der Waals surface area contributed by atoms with E-state index in [9.17, 15) is 13.2 Å². The molecule has 0 unspecified atom stereocenters. The average molecular weight is 447 g/mol. The van der Waals surface area contributed by atoms with E-state index in [1.807, 2.05) is 37.3 Å². The van der Waals surface area contributed by atoms with Gasteiger partial charge in [0.05, 0.1) is 25.0 Å². The van der Waals surface area contributed by atoms with Gasteiger partial charge in [-0.2, -0.15) is 0 Å². The van der Waals surface area contributed by atoms with Crippen LogP contribution in [0.1, 0.15) is 31.9 Å². The molecule has 1 aliphatic heterocycles. The minimum Gasteiger partial charge on any atom is -0.491 e. The topological polar surface area (TPSA) is 84.9 Å². The molecule has 1 atom stereocenters. The Morgan fingerprint density at radius 1 is 1.23 bits per heavy atom. The quantitative estimate of drug-likeness (QED) is 0.690. The number of nitrogens with one attached hydrogen (secondary N) is 1. The predicted octanol–water partition coefficient (Wildman–Crippen LogP) is 3.01. The van der Waals surface area contributed by atoms with Crippen LogP contribution in [-0.2, 0) is 20.2 Å². The average Bonchev–Trinajstić information content (AvgIpc) is 2.69. The van der Waals surface area contributed by atoms with Gasteiger partial charge in [-0.15, -0.1) is 0 Å². The van der Waals surface area contributed by atoms with E-state index in [1.54, 1.807) is 12.1 Å². The van der Waals surface area contributed by atoms with Crippen molar-refractivity contribution >= 4 is 21.6 Å². The summed E-state index contributed by atoms with van der Waals surface area (Å²) in [4.78, 5) is 12.7. The van der Waals surface area contributed by atoms with E-state index in [2.05, 4.69) is 26.1 Å². The van der Waals surface area contributed by atoms with E-state index in [-0.39, 0.29) is 31.0 Å². The second-order valence-corrected chi connectivity index (χ2v) is 10.7. The van der Waals surface area contributed by atoms with Gasteiger partial charge in [0.1, 0.15) is 18.1 Å². The van der Waals surface area contributed by atoms with E-state index in [0.29, 0.717) is 11.4 Å². The number of fused-ring (bicyclic) bond motifs is 1. The fourth-order valence-electron chi connectivity index (χ4n) is 3.47. The molecular formula is C23H30N2O5S. The van der Waals surface area contributed by atoms with Crippen LogP contribution in [0.5, 0.6) is 11.5 Å². The molecule has 7 nitrogen and oxygen atoms in total. The SMILES string of the molecule is Cc1ccc2c(c1)N(S(C)(=O)=O)C[C@@H](C(=O)NCCOc1ccccc1C(C)(C)C)O2. The van der Waals surface area contributed by atoms with E-state index >= 15 is 0 Å². The van der Waals surface area contributed by atoms with Crippen LogP contribution in [0.2, 0.25) is 0 Å². The Bertz CT molecular complexity index is 1060. The molecule has 1 amide bonds. The number of carbonyl (C=O) groups excluding carboxylic acids is 1. The van der Waals surface area contributed by atoms with Crippen molar-refractivity contribution in [1.29, 1.82) is 0 Å². The summed E-state index contributed by atoms with van der Waals surface area (Å²) >= 11 is 0. The van der Waals surface area contributed by atoms with Gasteiger partial charge in [-0.05, 0) is 41.7 Å². The second kappa shape index (κ2) is 8.78. The Morgan fingerprint density at radius 3 is 2.61 bits per heavy atom. The summed E-state index contributed by atoms with van der Waals surface area (Å²) in [5.74, 6) is 0.774. The minimum absolute atomic E-state index is 0.0589. The smallest absolute Gasteiger partial charge is 0.263 e. The highest BCUT2D eigenvalue weighted by Gasteiger charge is 2.35. The molecule has 1 heterocycles. The normalized spacial score (nSPS) is 16.3. The molecule has 2 aromatic rings. The van der Waals surface area contributed by atoms with Crippen molar-refractivity contribution in [1.82, 2.24) is 5.32 Å². The van der Waals surface area contributed by atoms with Gasteiger partial charge in [-0.25, -0.2) is 8.42 Å². The van der Waals surface area contributed by atoms with Gasteiger partial charge < -0.3 is 14.8 Å². The van der Waals surface area contributed by atoms with Crippen LogP contribution in [0.3, 0.4) is 0 Å². The van der Waals surface area contributed by atoms with Gasteiger partial charge in [-0.3, -0.25) is 9.10 Å². The fourth-order valence-corrected chi connectivity index (χ4v) is 4.38. The van der Waals surface area contributed by atoms with Crippen molar-refractivity contribution < 1.29 is 22.7 Å². The van der Waals surface area contributed by atoms with Crippen molar-refractivity contribution in [3.63, 3.8) is 0 Å². The zero-order valence-electron chi connectivity index (χ0n) is 18.6. The molecule has 31 heavy (non-hydrogen) atoms. The Balaban J connectivity index is 1.62. The molecule has 0 aromatic heterocycles. The molecular weight excluding hydrogens is 416 g/mol. The van der Waals surface area contributed by atoms with Crippen molar-refractivity contribution in [2.45, 2.75) is 39.2 Å². The van der Waals surface area contributed by atoms with Crippen LogP contribution in [-0.4, -0.2) is 46.4 Å². The number of anilines is 1. The maximum absolute atomic E-state index is 12.7. The lowest BCUT2D eigenvalue weighted by Gasteiger charge is -2.34. The van der Waals surface area contributed by atoms with E-state index in [1.165, 1.54) is 4.31 Å². The molecule has 0 spiro atoms. The summed E-state index contributed by atoms with van der Waals surface area (Å²) in [6.07, 6.45) is 0.187. The van der Waals surface area contributed by atoms with Crippen molar-refractivity contribution in [3.8, 4) is 11.5 Å². The number of rotatable bonds is 6. The molecule has 0 saturated heterocycles. The number of amides is 1. The van der Waals surface area contributed by atoms with E-state index < -0.39 is 16.1 Å². The lowest BCUT2D eigenvalue weighted by Crippen LogP contribution is -2.51. The minimum atomic E-state index is -3.55. The zero-order chi connectivity index (χ0) is 22.8. The number of hydrogen-bond donors (Lipinski definition) is 1. The maximum Gasteiger partial charge on any atom is 0.263 e. The van der Waals surface area contributed by atoms with Crippen LogP contribution in [0.25, 0.3) is 0 Å². The molecule has 2 aromatic carbocycles. The largest absolute Gasteiger partial charge is 0.491 e. The third kappa shape index (κ3) is 5.50. The van der Waals surface area contributed by atoms with Gasteiger partial charge in [0, 0.05) is 0 Å². The van der Waals surface area contributed by atoms with Gasteiger partial charge >= 0.3 is 0 Å². The first-order chi connectivity index (χ1) is 14.5. The number of benzene rings is 2. The third-order valence-electron chi connectivity index (χ3n) is 5.03. The molecule has 0 aliphatic carbocycles. The Labute approximate surface area is 184 Å². The van der Waals surface area contributed by atoms with Crippen LogP contribution in [0.4, 0.5) is 5.69 Å². The maximum atomic E-state index is 12.7. The van der Waals surface area contributed by atoms with Crippen LogP contribution in [0, 0.1) is 6.92 Å². The second-order valence-electron chi connectivity index (χ2n) is 8.76. The first-order valence-corrected chi connectivity index (χ1v) is 12.1. The van der Waals surface area contributed by atoms with Crippen LogP contribution < -0.4 is 19.1 Å². The summed E-state index contributed by atoms with van der Waals surface area (Å²) < 4.78 is 37.5. The fraction of sp³-hybridized carbons (Fsp3) is 0.435. The Hall–Kier alpha value is -2.74. The summed E-state index contributed by atoms with van der Waals surface area (Å²) in [5.41, 5.74) is 2.39. The summed E-state index contributed by atoms with van der Waals surface area (Å²) in [7, 11) is -3.55. The number of aryl methyl sites for hydroxylation is 1. The van der Waals surface area contributed by atoms with Gasteiger partial charge in [0.15, 0.2) is 6.10 Å². The van der Waals surface area contributed by atoms with Crippen molar-refractivity contribution in [3.05, 3.63) is 53.6 Å². The molecule has 1 N–H and O–H groups in total. The monoisotopic (exact) mass is 446 g/mol. The number of nitrogens with zero attached hydrogens (tertiary/aromatic N) is 1. The predicted molar refractivity (Wildman–Crippen MR) is 121 cm³/mol. The highest BCUT2D eigenvalue weighted by Crippen LogP contribution is 2.35. The van der Waals surface area contributed by atoms with E-state index in [0.717, 1.165) is 23.1 Å². The van der Waals surface area contributed by atoms with Gasteiger partial charge in [0.25, 0.3) is 5.91 Å². The molecule has 168 valence electrons. The molecule has 0 saturated carbocycles. The molecule has 1 aliphatic rings. The highest BCUT2D eigenvalue weighted by atomic mass is 32.2. The van der Waals surface area contributed by atoms with Crippen molar-refractivity contribution in [2.24, 2.45) is 0 Å². The third-order valence-corrected chi connectivity index (χ3v) is 6.18. The first kappa shape index (κ1) is 22.9. The number of ether oxygens (including phenoxy) is 2. The summed E-state index contributed by atoms with van der Waals surface area (Å²) in [6, 6.07) is 13.1. The number of sulfonamides is 1. The highest BCUT2D eigenvalue weighted by molar-refractivity contribution is 7.92. The molecule has 8 heteroatoms. The van der Waals surface area contributed by atoms with Gasteiger partial charge in [0.2, 0.25) is 10.0 Å². The summed E-state index contributed by atoms with van der Waals surface area (Å²) in [6.45, 7) is 8.71. The van der Waals surface area contributed by atoms with Gasteiger partial charge in [-0.1, -0.05) is 45.0 Å². The number of carbonyl (C=O) groups is 1. The van der Waals surface area contributed by atoms with Crippen LogP contribution in [0.15, 0.2) is 42.5 Å². The number of para-hydroxylation sites is 1. The lowest BCUT2D eigenvalue weighted by atomic mass is 9.86. The van der Waals surface area contributed by atoms with Crippen molar-refractivity contribution in [2.75, 3.05) is 30.3 Å². The molecule has 0 fully saturated rings. The Morgan fingerprint density at radius 2 is 1.94 bits per heavy atom. The van der Waals surface area contributed by atoms with Crippen LogP contribution >= 0.6 is 0 Å². The Kier molecular flexibility index (Phi) is 6.50. The van der Waals surface area contributed by atoms with E-state index in [4.69, 9.17) is 9.47 Å². The standard InChI is InChI=1S/C23H30N2O5S/c1-16-10-11-20-18(14-16)25(31(5,27)28)15-21(30-20)22(26)24-12-13-29-19-9-7-6-8-17(19)23(2,3)4/h6-11,14,21H,12-13,15H2,1-5H3,(H,24,26)/t21-/m0/s1. The molecule has 0 bridgehead atoms. The molecule has 0 radical (unpaired) electrons. The number of hydrogen-bond acceptors (Lipinski definition) is 5. The zero-order valence-corrected chi connectivity index (χ0v) is 19.5. The summed E-state index contributed by atoms with van der Waals surface area (Å²) in [5, 5.41) is 2.78. The molecule has 3 rings (SSSR count). The first-order valence-electron chi connectivity index (χ1n) is 10.2.